The summed E-state index contributed by atoms with van der Waals surface area (Å²) < 4.78 is 6.39. The van der Waals surface area contributed by atoms with Gasteiger partial charge in [0.05, 0.1) is 0 Å². The van der Waals surface area contributed by atoms with Crippen molar-refractivity contribution in [3.8, 4) is 44.5 Å². The maximum atomic E-state index is 6.39. The fourth-order valence-electron chi connectivity index (χ4n) is 8.64. The van der Waals surface area contributed by atoms with Crippen LogP contribution in [-0.2, 0) is 0 Å². The molecule has 1 heteroatoms. The van der Waals surface area contributed by atoms with E-state index in [1.807, 2.05) is 0 Å². The molecule has 51 heavy (non-hydrogen) atoms. The van der Waals surface area contributed by atoms with Crippen molar-refractivity contribution in [3.05, 3.63) is 182 Å². The number of hydrogen-bond acceptors (Lipinski definition) is 1. The third kappa shape index (κ3) is 4.16. The zero-order valence-corrected chi connectivity index (χ0v) is 27.7. The Hall–Kier alpha value is -6.70. The maximum Gasteiger partial charge on any atom is 0.136 e. The van der Waals surface area contributed by atoms with Crippen molar-refractivity contribution in [1.82, 2.24) is 0 Å². The number of fused-ring (bicyclic) bond motifs is 3. The van der Waals surface area contributed by atoms with Gasteiger partial charge in [0, 0.05) is 10.8 Å². The van der Waals surface area contributed by atoms with Gasteiger partial charge < -0.3 is 4.42 Å². The maximum absolute atomic E-state index is 6.39. The molecule has 0 atom stereocenters. The Morgan fingerprint density at radius 3 is 1.63 bits per heavy atom. The quantitative estimate of drug-likeness (QED) is 0.137. The fraction of sp³-hybridized carbons (Fsp3) is 0. The van der Waals surface area contributed by atoms with Crippen molar-refractivity contribution >= 4 is 65.0 Å². The fourth-order valence-corrected chi connectivity index (χ4v) is 8.64. The lowest BCUT2D eigenvalue weighted by Gasteiger charge is -2.21. The molecule has 0 saturated carbocycles. The van der Waals surface area contributed by atoms with Gasteiger partial charge in [-0.25, -0.2) is 0 Å². The van der Waals surface area contributed by atoms with Gasteiger partial charge in [0.25, 0.3) is 0 Å². The minimum Gasteiger partial charge on any atom is -0.456 e. The van der Waals surface area contributed by atoms with E-state index in [1.165, 1.54) is 98.4 Å². The van der Waals surface area contributed by atoms with Gasteiger partial charge in [0.1, 0.15) is 11.2 Å². The van der Waals surface area contributed by atoms with E-state index in [0.717, 1.165) is 11.2 Å². The zero-order chi connectivity index (χ0) is 33.5. The third-order valence-corrected chi connectivity index (χ3v) is 10.8. The Morgan fingerprint density at radius 2 is 0.863 bits per heavy atom. The summed E-state index contributed by atoms with van der Waals surface area (Å²) >= 11 is 0. The summed E-state index contributed by atoms with van der Waals surface area (Å²) in [4.78, 5) is 0. The molecular weight excluding hydrogens is 617 g/mol. The van der Waals surface area contributed by atoms with Gasteiger partial charge in [-0.1, -0.05) is 158 Å². The van der Waals surface area contributed by atoms with Crippen molar-refractivity contribution in [3.63, 3.8) is 0 Å². The predicted octanol–water partition coefficient (Wildman–Crippen LogP) is 14.3. The van der Waals surface area contributed by atoms with E-state index in [0.29, 0.717) is 0 Å². The molecule has 0 saturated heterocycles. The van der Waals surface area contributed by atoms with Crippen molar-refractivity contribution in [2.24, 2.45) is 0 Å². The van der Waals surface area contributed by atoms with Crippen LogP contribution in [0.2, 0.25) is 0 Å². The van der Waals surface area contributed by atoms with E-state index < -0.39 is 0 Å². The summed E-state index contributed by atoms with van der Waals surface area (Å²) in [6.07, 6.45) is 0. The lowest BCUT2D eigenvalue weighted by atomic mass is 9.82. The highest BCUT2D eigenvalue weighted by atomic mass is 16.3. The molecule has 1 aromatic heterocycles. The SMILES string of the molecule is c1ccc(-c2ccc(-c3cccc4ccccc34)cc2-c2c3ccccc3c(-c3ccc4oc5cccc6ccc3c4c65)c3ccccc23)cc1. The molecule has 0 aliphatic heterocycles. The van der Waals surface area contributed by atoms with E-state index in [4.69, 9.17) is 4.42 Å². The highest BCUT2D eigenvalue weighted by Gasteiger charge is 2.22. The molecule has 0 radical (unpaired) electrons. The van der Waals surface area contributed by atoms with Gasteiger partial charge >= 0.3 is 0 Å². The monoisotopic (exact) mass is 646 g/mol. The average molecular weight is 647 g/mol. The number of rotatable bonds is 4. The molecule has 0 N–H and O–H groups in total. The van der Waals surface area contributed by atoms with Crippen LogP contribution in [0.1, 0.15) is 0 Å². The molecule has 10 aromatic carbocycles. The molecule has 0 aliphatic rings. The van der Waals surface area contributed by atoms with Crippen LogP contribution in [0.25, 0.3) is 110 Å². The van der Waals surface area contributed by atoms with Gasteiger partial charge in [0.15, 0.2) is 0 Å². The van der Waals surface area contributed by atoms with Crippen molar-refractivity contribution in [2.75, 3.05) is 0 Å². The molecule has 1 nitrogen and oxygen atoms in total. The van der Waals surface area contributed by atoms with Crippen molar-refractivity contribution < 1.29 is 4.42 Å². The van der Waals surface area contributed by atoms with E-state index in [1.54, 1.807) is 0 Å². The van der Waals surface area contributed by atoms with Gasteiger partial charge in [-0.3, -0.25) is 0 Å². The van der Waals surface area contributed by atoms with Gasteiger partial charge in [-0.05, 0) is 112 Å². The first-order valence-electron chi connectivity index (χ1n) is 17.6. The predicted molar refractivity (Wildman–Crippen MR) is 217 cm³/mol. The van der Waals surface area contributed by atoms with Gasteiger partial charge in [-0.15, -0.1) is 0 Å². The van der Waals surface area contributed by atoms with E-state index >= 15 is 0 Å². The second-order valence-corrected chi connectivity index (χ2v) is 13.5. The molecule has 236 valence electrons. The average Bonchev–Trinajstić information content (AvgIpc) is 3.59. The Bertz CT molecular complexity index is 3070. The van der Waals surface area contributed by atoms with Gasteiger partial charge in [-0.2, -0.15) is 0 Å². The molecule has 0 bridgehead atoms. The molecule has 11 aromatic rings. The van der Waals surface area contributed by atoms with E-state index in [-0.39, 0.29) is 0 Å². The molecule has 1 heterocycles. The second kappa shape index (κ2) is 10.9. The molecule has 0 spiro atoms. The van der Waals surface area contributed by atoms with Crippen LogP contribution in [0, 0.1) is 0 Å². The number of furan rings is 1. The Balaban J connectivity index is 1.26. The Kier molecular flexibility index (Phi) is 6.02. The standard InChI is InChI=1S/C50H30O/c1-2-12-31(13-3-1)37-26-25-34(36-22-10-15-32-14-4-5-17-35(32)36)30-44(37)49-40-20-8-6-18-38(40)48(39-19-7-9-21-41(39)49)42-28-29-46-50-43(42)27-24-33-16-11-23-45(51-46)47(33)50/h1-30H. The van der Waals surface area contributed by atoms with Crippen LogP contribution in [-0.4, -0.2) is 0 Å². The van der Waals surface area contributed by atoms with Crippen LogP contribution in [0.15, 0.2) is 186 Å². The van der Waals surface area contributed by atoms with E-state index in [2.05, 4.69) is 182 Å². The summed E-state index contributed by atoms with van der Waals surface area (Å²) in [5, 5.41) is 12.3. The lowest BCUT2D eigenvalue weighted by molar-refractivity contribution is 0.669. The third-order valence-electron chi connectivity index (χ3n) is 10.8. The van der Waals surface area contributed by atoms with Crippen LogP contribution in [0.3, 0.4) is 0 Å². The zero-order valence-electron chi connectivity index (χ0n) is 27.7. The molecule has 0 aliphatic carbocycles. The largest absolute Gasteiger partial charge is 0.456 e. The smallest absolute Gasteiger partial charge is 0.136 e. The summed E-state index contributed by atoms with van der Waals surface area (Å²) in [7, 11) is 0. The van der Waals surface area contributed by atoms with Crippen LogP contribution in [0.4, 0.5) is 0 Å². The first-order chi connectivity index (χ1) is 25.3. The Labute approximate surface area is 295 Å². The summed E-state index contributed by atoms with van der Waals surface area (Å²) in [5.74, 6) is 0. The van der Waals surface area contributed by atoms with Crippen LogP contribution in [0.5, 0.6) is 0 Å². The summed E-state index contributed by atoms with van der Waals surface area (Å²) in [5.41, 5.74) is 11.7. The summed E-state index contributed by atoms with van der Waals surface area (Å²) in [6, 6.07) is 66.4. The van der Waals surface area contributed by atoms with Crippen LogP contribution >= 0.6 is 0 Å². The minimum atomic E-state index is 0.934. The topological polar surface area (TPSA) is 13.1 Å². The molecule has 0 amide bonds. The number of benzene rings is 10. The molecule has 0 fully saturated rings. The minimum absolute atomic E-state index is 0.934. The van der Waals surface area contributed by atoms with Crippen molar-refractivity contribution in [1.29, 1.82) is 0 Å². The van der Waals surface area contributed by atoms with Crippen LogP contribution < -0.4 is 0 Å². The highest BCUT2D eigenvalue weighted by molar-refractivity contribution is 6.29. The first-order valence-corrected chi connectivity index (χ1v) is 17.6. The molecule has 11 rings (SSSR count). The highest BCUT2D eigenvalue weighted by Crippen LogP contribution is 2.49. The van der Waals surface area contributed by atoms with Crippen molar-refractivity contribution in [2.45, 2.75) is 0 Å². The molecular formula is C50H30O. The molecule has 0 unspecified atom stereocenters. The lowest BCUT2D eigenvalue weighted by Crippen LogP contribution is -1.94. The number of hydrogen-bond donors (Lipinski definition) is 0. The normalized spacial score (nSPS) is 11.9. The Morgan fingerprint density at radius 1 is 0.275 bits per heavy atom. The van der Waals surface area contributed by atoms with E-state index in [9.17, 15) is 0 Å². The first kappa shape index (κ1) is 28.2. The summed E-state index contributed by atoms with van der Waals surface area (Å²) in [6.45, 7) is 0. The van der Waals surface area contributed by atoms with Gasteiger partial charge in [0.2, 0.25) is 0 Å². The second-order valence-electron chi connectivity index (χ2n) is 13.5.